The lowest BCUT2D eigenvalue weighted by Crippen LogP contribution is -2.37. The average molecular weight is 294 g/mol. The zero-order valence-electron chi connectivity index (χ0n) is 13.7. The van der Waals surface area contributed by atoms with Crippen LogP contribution in [-0.2, 0) is 6.54 Å². The van der Waals surface area contributed by atoms with E-state index in [9.17, 15) is 0 Å². The van der Waals surface area contributed by atoms with Crippen molar-refractivity contribution >= 4 is 12.6 Å². The maximum atomic E-state index is 4.66. The van der Waals surface area contributed by atoms with Gasteiger partial charge in [-0.25, -0.2) is 0 Å². The molecule has 0 radical (unpaired) electrons. The van der Waals surface area contributed by atoms with Crippen molar-refractivity contribution in [1.82, 2.24) is 4.90 Å². The molecule has 0 amide bonds. The molecular weight excluding hydrogens is 262 g/mol. The van der Waals surface area contributed by atoms with Gasteiger partial charge in [-0.05, 0) is 49.1 Å². The fourth-order valence-corrected chi connectivity index (χ4v) is 3.67. The summed E-state index contributed by atoms with van der Waals surface area (Å²) in [5, 5.41) is 0. The first kappa shape index (κ1) is 17.6. The lowest BCUT2D eigenvalue weighted by Gasteiger charge is -2.36. The van der Waals surface area contributed by atoms with Gasteiger partial charge in [0, 0.05) is 13.1 Å². The summed E-state index contributed by atoms with van der Waals surface area (Å²) in [5.41, 5.74) is 3.21. The van der Waals surface area contributed by atoms with Crippen LogP contribution < -0.4 is 0 Å². The van der Waals surface area contributed by atoms with Crippen molar-refractivity contribution in [3.05, 3.63) is 35.4 Å². The van der Waals surface area contributed by atoms with Gasteiger partial charge in [0.1, 0.15) is 0 Å². The second kappa shape index (κ2) is 8.74. The molecule has 0 spiro atoms. The van der Waals surface area contributed by atoms with Crippen molar-refractivity contribution in [2.24, 2.45) is 5.41 Å². The number of hydrogen-bond donors (Lipinski definition) is 1. The van der Waals surface area contributed by atoms with Crippen LogP contribution in [0.3, 0.4) is 0 Å². The van der Waals surface area contributed by atoms with Crippen LogP contribution in [-0.4, -0.2) is 24.2 Å². The summed E-state index contributed by atoms with van der Waals surface area (Å²) in [6.07, 6.45) is 5.06. The van der Waals surface area contributed by atoms with Gasteiger partial charge in [0.25, 0.3) is 0 Å². The van der Waals surface area contributed by atoms with Crippen molar-refractivity contribution in [1.29, 1.82) is 0 Å². The van der Waals surface area contributed by atoms with Crippen molar-refractivity contribution in [3.63, 3.8) is 0 Å². The summed E-state index contributed by atoms with van der Waals surface area (Å²) in [5.74, 6) is 0.993. The highest BCUT2D eigenvalue weighted by molar-refractivity contribution is 7.80. The first-order valence-electron chi connectivity index (χ1n) is 7.91. The van der Waals surface area contributed by atoms with Crippen LogP contribution in [0.5, 0.6) is 0 Å². The van der Waals surface area contributed by atoms with E-state index in [0.717, 1.165) is 18.8 Å². The van der Waals surface area contributed by atoms with E-state index in [1.54, 1.807) is 0 Å². The summed E-state index contributed by atoms with van der Waals surface area (Å²) in [6, 6.07) is 8.70. The molecule has 0 unspecified atom stereocenters. The Kier molecular flexibility index (Phi) is 7.68. The molecule has 0 aliphatic carbocycles. The molecule has 0 aliphatic heterocycles. The molecule has 1 nitrogen and oxygen atoms in total. The minimum atomic E-state index is 0.379. The lowest BCUT2D eigenvalue weighted by molar-refractivity contribution is 0.165. The summed E-state index contributed by atoms with van der Waals surface area (Å²) in [7, 11) is 2.25. The predicted molar refractivity (Wildman–Crippen MR) is 93.6 cm³/mol. The number of thiol groups is 1. The molecule has 0 fully saturated rings. The van der Waals surface area contributed by atoms with E-state index in [0.29, 0.717) is 5.41 Å². The standard InChI is InChI=1S/C18H31NS/c1-5-11-18(15-20,12-6-2)14-19(4)13-17-10-8-7-9-16(17)3/h7-10,20H,5-6,11-15H2,1-4H3. The van der Waals surface area contributed by atoms with Crippen molar-refractivity contribution in [2.45, 2.75) is 53.0 Å². The Bertz CT molecular complexity index is 383. The minimum Gasteiger partial charge on any atom is -0.302 e. The largest absolute Gasteiger partial charge is 0.302 e. The summed E-state index contributed by atoms with van der Waals surface area (Å²) in [4.78, 5) is 2.48. The van der Waals surface area contributed by atoms with Crippen molar-refractivity contribution in [3.8, 4) is 0 Å². The molecule has 0 N–H and O–H groups in total. The summed E-state index contributed by atoms with van der Waals surface area (Å²) >= 11 is 4.66. The van der Waals surface area contributed by atoms with Gasteiger partial charge in [0.05, 0.1) is 0 Å². The Balaban J connectivity index is 2.70. The normalized spacial score (nSPS) is 12.1. The lowest BCUT2D eigenvalue weighted by atomic mass is 9.80. The van der Waals surface area contributed by atoms with E-state index in [4.69, 9.17) is 0 Å². The van der Waals surface area contributed by atoms with Crippen LogP contribution in [0.4, 0.5) is 0 Å². The smallest absolute Gasteiger partial charge is 0.0233 e. The Morgan fingerprint density at radius 3 is 2.20 bits per heavy atom. The number of rotatable bonds is 9. The van der Waals surface area contributed by atoms with E-state index in [1.165, 1.54) is 36.8 Å². The summed E-state index contributed by atoms with van der Waals surface area (Å²) in [6.45, 7) is 8.96. The topological polar surface area (TPSA) is 3.24 Å². The third kappa shape index (κ3) is 5.14. The number of hydrogen-bond acceptors (Lipinski definition) is 2. The number of aryl methyl sites for hydroxylation is 1. The second-order valence-electron chi connectivity index (χ2n) is 6.26. The first-order chi connectivity index (χ1) is 9.56. The van der Waals surface area contributed by atoms with E-state index in [2.05, 4.69) is 69.6 Å². The zero-order chi connectivity index (χ0) is 15.0. The monoisotopic (exact) mass is 293 g/mol. The van der Waals surface area contributed by atoms with Gasteiger partial charge in [-0.2, -0.15) is 12.6 Å². The highest BCUT2D eigenvalue weighted by Gasteiger charge is 2.28. The fourth-order valence-electron chi connectivity index (χ4n) is 3.26. The molecule has 1 aromatic carbocycles. The Labute approximate surface area is 131 Å². The van der Waals surface area contributed by atoms with Gasteiger partial charge >= 0.3 is 0 Å². The quantitative estimate of drug-likeness (QED) is 0.631. The Morgan fingerprint density at radius 2 is 1.70 bits per heavy atom. The van der Waals surface area contributed by atoms with Gasteiger partial charge < -0.3 is 4.90 Å². The van der Waals surface area contributed by atoms with E-state index in [-0.39, 0.29) is 0 Å². The van der Waals surface area contributed by atoms with Gasteiger partial charge in [-0.3, -0.25) is 0 Å². The molecule has 20 heavy (non-hydrogen) atoms. The van der Waals surface area contributed by atoms with E-state index < -0.39 is 0 Å². The Hall–Kier alpha value is -0.470. The van der Waals surface area contributed by atoms with Crippen LogP contribution in [0.1, 0.15) is 50.7 Å². The van der Waals surface area contributed by atoms with Crippen LogP contribution >= 0.6 is 12.6 Å². The maximum absolute atomic E-state index is 4.66. The van der Waals surface area contributed by atoms with Gasteiger partial charge in [-0.15, -0.1) is 0 Å². The van der Waals surface area contributed by atoms with Crippen LogP contribution in [0.15, 0.2) is 24.3 Å². The molecule has 0 aliphatic rings. The molecule has 0 saturated heterocycles. The third-order valence-electron chi connectivity index (χ3n) is 4.20. The van der Waals surface area contributed by atoms with Crippen molar-refractivity contribution < 1.29 is 0 Å². The molecule has 2 heteroatoms. The van der Waals surface area contributed by atoms with Gasteiger partial charge in [-0.1, -0.05) is 51.0 Å². The molecule has 0 saturated carbocycles. The molecule has 0 aromatic heterocycles. The van der Waals surface area contributed by atoms with E-state index >= 15 is 0 Å². The fraction of sp³-hybridized carbons (Fsp3) is 0.667. The van der Waals surface area contributed by atoms with Crippen molar-refractivity contribution in [2.75, 3.05) is 19.3 Å². The highest BCUT2D eigenvalue weighted by atomic mass is 32.1. The minimum absolute atomic E-state index is 0.379. The van der Waals surface area contributed by atoms with Gasteiger partial charge in [0.15, 0.2) is 0 Å². The van der Waals surface area contributed by atoms with Gasteiger partial charge in [0.2, 0.25) is 0 Å². The summed E-state index contributed by atoms with van der Waals surface area (Å²) < 4.78 is 0. The number of benzene rings is 1. The SMILES string of the molecule is CCCC(CS)(CCC)CN(C)Cc1ccccc1C. The first-order valence-corrected chi connectivity index (χ1v) is 8.54. The number of nitrogens with zero attached hydrogens (tertiary/aromatic N) is 1. The molecule has 1 aromatic rings. The van der Waals surface area contributed by atoms with Crippen LogP contribution in [0.2, 0.25) is 0 Å². The van der Waals surface area contributed by atoms with Crippen LogP contribution in [0.25, 0.3) is 0 Å². The van der Waals surface area contributed by atoms with E-state index in [1.807, 2.05) is 0 Å². The average Bonchev–Trinajstić information content (AvgIpc) is 2.42. The molecule has 114 valence electrons. The van der Waals surface area contributed by atoms with Crippen LogP contribution in [0, 0.1) is 12.3 Å². The maximum Gasteiger partial charge on any atom is 0.0233 e. The Morgan fingerprint density at radius 1 is 1.10 bits per heavy atom. The third-order valence-corrected chi connectivity index (χ3v) is 4.87. The predicted octanol–water partition coefficient (Wildman–Crippen LogP) is 4.94. The molecular formula is C18H31NS. The zero-order valence-corrected chi connectivity index (χ0v) is 14.5. The molecule has 0 bridgehead atoms. The molecule has 0 atom stereocenters. The second-order valence-corrected chi connectivity index (χ2v) is 6.57. The highest BCUT2D eigenvalue weighted by Crippen LogP contribution is 2.32. The molecule has 1 rings (SSSR count). The molecule has 0 heterocycles.